The second-order valence-corrected chi connectivity index (χ2v) is 4.41. The van der Waals surface area contributed by atoms with Crippen LogP contribution in [0.25, 0.3) is 11.1 Å². The van der Waals surface area contributed by atoms with Gasteiger partial charge in [0.05, 0.1) is 5.69 Å². The summed E-state index contributed by atoms with van der Waals surface area (Å²) in [5.41, 5.74) is 8.59. The first kappa shape index (κ1) is 12.8. The highest BCUT2D eigenvalue weighted by Gasteiger charge is 2.11. The fourth-order valence-corrected chi connectivity index (χ4v) is 2.03. The minimum atomic E-state index is -0.239. The quantitative estimate of drug-likeness (QED) is 0.902. The number of aromatic nitrogens is 2. The van der Waals surface area contributed by atoms with Crippen molar-refractivity contribution in [3.63, 3.8) is 0 Å². The molecule has 2 rings (SSSR count). The predicted octanol–water partition coefficient (Wildman–Crippen LogP) is 2.87. The van der Waals surface area contributed by atoms with Crippen LogP contribution in [-0.4, -0.2) is 9.78 Å². The number of benzene rings is 1. The van der Waals surface area contributed by atoms with E-state index in [0.717, 1.165) is 29.8 Å². The van der Waals surface area contributed by atoms with Gasteiger partial charge in [-0.05, 0) is 25.0 Å². The maximum atomic E-state index is 14.0. The van der Waals surface area contributed by atoms with Crippen molar-refractivity contribution in [1.29, 1.82) is 0 Å². The Balaban J connectivity index is 2.41. The first-order valence-corrected chi connectivity index (χ1v) is 6.18. The number of nitrogens with zero attached hydrogens (tertiary/aromatic N) is 2. The number of aryl methyl sites for hydroxylation is 2. The third-order valence-electron chi connectivity index (χ3n) is 2.96. The second-order valence-electron chi connectivity index (χ2n) is 4.41. The van der Waals surface area contributed by atoms with E-state index in [9.17, 15) is 4.39 Å². The van der Waals surface area contributed by atoms with Gasteiger partial charge in [0.25, 0.3) is 0 Å². The average Bonchev–Trinajstić information content (AvgIpc) is 2.70. The molecule has 0 atom stereocenters. The highest BCUT2D eigenvalue weighted by atomic mass is 19.1. The Labute approximate surface area is 106 Å². The van der Waals surface area contributed by atoms with Gasteiger partial charge >= 0.3 is 0 Å². The summed E-state index contributed by atoms with van der Waals surface area (Å²) in [6, 6.07) is 5.12. The summed E-state index contributed by atoms with van der Waals surface area (Å²) in [5.74, 6) is -0.239. The van der Waals surface area contributed by atoms with Gasteiger partial charge in [0, 0.05) is 30.4 Å². The molecule has 3 nitrogen and oxygen atoms in total. The summed E-state index contributed by atoms with van der Waals surface area (Å²) in [6.45, 7) is 5.19. The number of nitrogens with two attached hydrogens (primary N) is 1. The Morgan fingerprint density at radius 3 is 2.72 bits per heavy atom. The average molecular weight is 247 g/mol. The Morgan fingerprint density at radius 1 is 1.33 bits per heavy atom. The zero-order valence-electron chi connectivity index (χ0n) is 10.8. The van der Waals surface area contributed by atoms with E-state index in [-0.39, 0.29) is 5.82 Å². The van der Waals surface area contributed by atoms with Gasteiger partial charge in [-0.25, -0.2) is 4.39 Å². The highest BCUT2D eigenvalue weighted by Crippen LogP contribution is 2.26. The molecule has 0 spiro atoms. The van der Waals surface area contributed by atoms with E-state index < -0.39 is 0 Å². The van der Waals surface area contributed by atoms with Gasteiger partial charge < -0.3 is 5.73 Å². The predicted molar refractivity (Wildman–Crippen MR) is 70.5 cm³/mol. The van der Waals surface area contributed by atoms with Gasteiger partial charge in [-0.15, -0.1) is 0 Å². The Hall–Kier alpha value is -1.68. The number of hydrogen-bond donors (Lipinski definition) is 1. The summed E-state index contributed by atoms with van der Waals surface area (Å²) >= 11 is 0. The van der Waals surface area contributed by atoms with Crippen LogP contribution in [0.3, 0.4) is 0 Å². The van der Waals surface area contributed by atoms with E-state index in [2.05, 4.69) is 12.0 Å². The van der Waals surface area contributed by atoms with Crippen molar-refractivity contribution in [3.8, 4) is 11.1 Å². The third-order valence-corrected chi connectivity index (χ3v) is 2.96. The van der Waals surface area contributed by atoms with Crippen molar-refractivity contribution in [2.24, 2.45) is 5.73 Å². The Kier molecular flexibility index (Phi) is 3.77. The zero-order valence-corrected chi connectivity index (χ0v) is 10.8. The Bertz CT molecular complexity index is 546. The van der Waals surface area contributed by atoms with E-state index in [0.29, 0.717) is 12.1 Å². The second kappa shape index (κ2) is 5.31. The van der Waals surface area contributed by atoms with Crippen LogP contribution in [0.5, 0.6) is 0 Å². The first-order valence-electron chi connectivity index (χ1n) is 6.18. The lowest BCUT2D eigenvalue weighted by molar-refractivity contribution is 0.598. The molecule has 2 aromatic rings. The monoisotopic (exact) mass is 247 g/mol. The standard InChI is InChI=1S/C14H18FN3/c1-3-6-18-9-13(10(2)17-18)12-5-4-11(8-16)7-14(12)15/h4-5,7,9H,3,6,8,16H2,1-2H3. The molecule has 0 saturated carbocycles. The topological polar surface area (TPSA) is 43.8 Å². The molecule has 1 aromatic carbocycles. The molecular formula is C14H18FN3. The SMILES string of the molecule is CCCn1cc(-c2ccc(CN)cc2F)c(C)n1. The van der Waals surface area contributed by atoms with Crippen molar-refractivity contribution in [3.05, 3.63) is 41.5 Å². The number of hydrogen-bond acceptors (Lipinski definition) is 2. The number of halogens is 1. The summed E-state index contributed by atoms with van der Waals surface area (Å²) in [6.07, 6.45) is 2.91. The molecule has 0 unspecified atom stereocenters. The summed E-state index contributed by atoms with van der Waals surface area (Å²) in [7, 11) is 0. The van der Waals surface area contributed by atoms with E-state index in [1.807, 2.05) is 23.9 Å². The third kappa shape index (κ3) is 2.43. The van der Waals surface area contributed by atoms with Crippen molar-refractivity contribution in [2.75, 3.05) is 0 Å². The van der Waals surface area contributed by atoms with Crippen LogP contribution in [0.4, 0.5) is 4.39 Å². The van der Waals surface area contributed by atoms with Gasteiger partial charge in [0.1, 0.15) is 5.82 Å². The smallest absolute Gasteiger partial charge is 0.131 e. The maximum Gasteiger partial charge on any atom is 0.131 e. The molecule has 0 radical (unpaired) electrons. The molecule has 18 heavy (non-hydrogen) atoms. The lowest BCUT2D eigenvalue weighted by Gasteiger charge is -2.03. The lowest BCUT2D eigenvalue weighted by Crippen LogP contribution is -1.97. The minimum Gasteiger partial charge on any atom is -0.326 e. The van der Waals surface area contributed by atoms with Crippen LogP contribution in [0.1, 0.15) is 24.6 Å². The first-order chi connectivity index (χ1) is 8.65. The number of rotatable bonds is 4. The molecular weight excluding hydrogens is 229 g/mol. The molecule has 0 aliphatic carbocycles. The molecule has 0 amide bonds. The van der Waals surface area contributed by atoms with E-state index >= 15 is 0 Å². The molecule has 1 aromatic heterocycles. The summed E-state index contributed by atoms with van der Waals surface area (Å²) < 4.78 is 15.9. The van der Waals surface area contributed by atoms with E-state index in [1.54, 1.807) is 6.07 Å². The van der Waals surface area contributed by atoms with Crippen LogP contribution < -0.4 is 5.73 Å². The molecule has 0 bridgehead atoms. The summed E-state index contributed by atoms with van der Waals surface area (Å²) in [5, 5.41) is 4.39. The van der Waals surface area contributed by atoms with Crippen LogP contribution in [0.15, 0.2) is 24.4 Å². The van der Waals surface area contributed by atoms with Gasteiger partial charge in [-0.2, -0.15) is 5.10 Å². The largest absolute Gasteiger partial charge is 0.326 e. The normalized spacial score (nSPS) is 10.9. The maximum absolute atomic E-state index is 14.0. The molecule has 0 saturated heterocycles. The van der Waals surface area contributed by atoms with Gasteiger partial charge in [-0.1, -0.05) is 19.1 Å². The van der Waals surface area contributed by atoms with Crippen LogP contribution >= 0.6 is 0 Å². The molecule has 4 heteroatoms. The van der Waals surface area contributed by atoms with E-state index in [1.165, 1.54) is 6.07 Å². The van der Waals surface area contributed by atoms with Gasteiger partial charge in [0.15, 0.2) is 0 Å². The van der Waals surface area contributed by atoms with Gasteiger partial charge in [-0.3, -0.25) is 4.68 Å². The highest BCUT2D eigenvalue weighted by molar-refractivity contribution is 5.66. The fraction of sp³-hybridized carbons (Fsp3) is 0.357. The molecule has 1 heterocycles. The molecule has 0 aliphatic rings. The van der Waals surface area contributed by atoms with Crippen LogP contribution in [-0.2, 0) is 13.1 Å². The minimum absolute atomic E-state index is 0.239. The van der Waals surface area contributed by atoms with Crippen LogP contribution in [0, 0.1) is 12.7 Å². The van der Waals surface area contributed by atoms with Crippen molar-refractivity contribution >= 4 is 0 Å². The summed E-state index contributed by atoms with van der Waals surface area (Å²) in [4.78, 5) is 0. The van der Waals surface area contributed by atoms with Crippen molar-refractivity contribution < 1.29 is 4.39 Å². The Morgan fingerprint density at radius 2 is 2.11 bits per heavy atom. The van der Waals surface area contributed by atoms with Crippen molar-refractivity contribution in [1.82, 2.24) is 9.78 Å². The van der Waals surface area contributed by atoms with E-state index in [4.69, 9.17) is 5.73 Å². The molecule has 0 fully saturated rings. The van der Waals surface area contributed by atoms with Gasteiger partial charge in [0.2, 0.25) is 0 Å². The lowest BCUT2D eigenvalue weighted by atomic mass is 10.0. The van der Waals surface area contributed by atoms with Crippen LogP contribution in [0.2, 0.25) is 0 Å². The fourth-order valence-electron chi connectivity index (χ4n) is 2.03. The molecule has 0 aliphatic heterocycles. The van der Waals surface area contributed by atoms with Crippen molar-refractivity contribution in [2.45, 2.75) is 33.4 Å². The molecule has 2 N–H and O–H groups in total. The zero-order chi connectivity index (χ0) is 13.1. The molecule has 96 valence electrons.